The minimum atomic E-state index is -0.957. The number of carboxylic acid groups (broad SMARTS) is 1. The normalized spacial score (nSPS) is 20.0. The van der Waals surface area contributed by atoms with Crippen molar-refractivity contribution in [2.75, 3.05) is 0 Å². The zero-order chi connectivity index (χ0) is 13.0. The molecule has 1 unspecified atom stereocenters. The number of aromatic carboxylic acids is 1. The summed E-state index contributed by atoms with van der Waals surface area (Å²) in [5, 5.41) is 8.91. The lowest BCUT2D eigenvalue weighted by Gasteiger charge is -2.10. The molecule has 2 rings (SSSR count). The molecule has 1 N–H and O–H groups in total. The summed E-state index contributed by atoms with van der Waals surface area (Å²) in [6.45, 7) is 0. The Balaban J connectivity index is 2.35. The third-order valence-electron chi connectivity index (χ3n) is 2.72. The molecule has 1 atom stereocenters. The highest BCUT2D eigenvalue weighted by Crippen LogP contribution is 2.20. The molecule has 0 heterocycles. The van der Waals surface area contributed by atoms with Crippen LogP contribution in [0.1, 0.15) is 15.9 Å². The first-order chi connectivity index (χ1) is 8.70. The van der Waals surface area contributed by atoms with Crippen LogP contribution in [0.3, 0.4) is 0 Å². The van der Waals surface area contributed by atoms with Crippen molar-refractivity contribution in [1.82, 2.24) is 0 Å². The second kappa shape index (κ2) is 5.27. The first-order valence-electron chi connectivity index (χ1n) is 5.56. The monoisotopic (exact) mass is 240 g/mol. The van der Waals surface area contributed by atoms with Crippen LogP contribution < -0.4 is 0 Å². The Morgan fingerprint density at radius 3 is 2.83 bits per heavy atom. The number of aldehydes is 1. The smallest absolute Gasteiger partial charge is 0.335 e. The minimum Gasteiger partial charge on any atom is -0.478 e. The second-order valence-corrected chi connectivity index (χ2v) is 3.98. The van der Waals surface area contributed by atoms with E-state index in [0.29, 0.717) is 0 Å². The van der Waals surface area contributed by atoms with Gasteiger partial charge in [-0.05, 0) is 23.3 Å². The van der Waals surface area contributed by atoms with E-state index in [1.165, 1.54) is 6.07 Å². The standard InChI is InChI=1S/C15H12O3/c16-10-14-6-2-1-5-12(14)8-11-4-3-7-13(9-11)15(17)18/h1-10,14H,(H,17,18). The van der Waals surface area contributed by atoms with Crippen LogP contribution in [0.5, 0.6) is 0 Å². The fourth-order valence-electron chi connectivity index (χ4n) is 1.79. The molecule has 1 aliphatic carbocycles. The molecule has 3 heteroatoms. The molecule has 0 saturated carbocycles. The van der Waals surface area contributed by atoms with Crippen LogP contribution in [0.25, 0.3) is 6.08 Å². The number of carboxylic acids is 1. The molecule has 0 aromatic heterocycles. The van der Waals surface area contributed by atoms with Crippen LogP contribution in [0.4, 0.5) is 0 Å². The molecule has 0 aliphatic heterocycles. The van der Waals surface area contributed by atoms with Crippen molar-refractivity contribution < 1.29 is 14.7 Å². The average Bonchev–Trinajstić information content (AvgIpc) is 2.39. The third-order valence-corrected chi connectivity index (χ3v) is 2.72. The summed E-state index contributed by atoms with van der Waals surface area (Å²) in [4.78, 5) is 21.8. The van der Waals surface area contributed by atoms with Gasteiger partial charge in [-0.15, -0.1) is 0 Å². The Bertz CT molecular complexity index is 565. The third kappa shape index (κ3) is 2.63. The van der Waals surface area contributed by atoms with Gasteiger partial charge in [0.1, 0.15) is 6.29 Å². The number of rotatable bonds is 3. The van der Waals surface area contributed by atoms with E-state index in [-0.39, 0.29) is 11.5 Å². The second-order valence-electron chi connectivity index (χ2n) is 3.98. The van der Waals surface area contributed by atoms with Gasteiger partial charge in [0.2, 0.25) is 0 Å². The van der Waals surface area contributed by atoms with E-state index in [1.807, 2.05) is 30.4 Å². The molecule has 1 aromatic carbocycles. The molecule has 0 radical (unpaired) electrons. The average molecular weight is 240 g/mol. The van der Waals surface area contributed by atoms with Crippen molar-refractivity contribution >= 4 is 18.3 Å². The van der Waals surface area contributed by atoms with E-state index in [0.717, 1.165) is 17.4 Å². The fourth-order valence-corrected chi connectivity index (χ4v) is 1.79. The first-order valence-corrected chi connectivity index (χ1v) is 5.56. The highest BCUT2D eigenvalue weighted by atomic mass is 16.4. The van der Waals surface area contributed by atoms with Crippen molar-refractivity contribution in [3.63, 3.8) is 0 Å². The number of hydrogen-bond donors (Lipinski definition) is 1. The molecule has 0 spiro atoms. The summed E-state index contributed by atoms with van der Waals surface area (Å²) in [5.74, 6) is -1.22. The van der Waals surface area contributed by atoms with Gasteiger partial charge in [0.25, 0.3) is 0 Å². The number of hydrogen-bond acceptors (Lipinski definition) is 2. The van der Waals surface area contributed by atoms with Crippen LogP contribution in [0.2, 0.25) is 0 Å². The van der Waals surface area contributed by atoms with Crippen molar-refractivity contribution in [1.29, 1.82) is 0 Å². The molecular formula is C15H12O3. The lowest BCUT2D eigenvalue weighted by molar-refractivity contribution is -0.109. The lowest BCUT2D eigenvalue weighted by Crippen LogP contribution is -2.03. The van der Waals surface area contributed by atoms with Gasteiger partial charge in [-0.3, -0.25) is 0 Å². The maximum absolute atomic E-state index is 10.9. The summed E-state index contributed by atoms with van der Waals surface area (Å²) >= 11 is 0. The first kappa shape index (κ1) is 12.0. The van der Waals surface area contributed by atoms with Crippen molar-refractivity contribution in [3.8, 4) is 0 Å². The van der Waals surface area contributed by atoms with E-state index in [4.69, 9.17) is 5.11 Å². The van der Waals surface area contributed by atoms with Crippen LogP contribution in [-0.2, 0) is 4.79 Å². The highest BCUT2D eigenvalue weighted by Gasteiger charge is 2.10. The van der Waals surface area contributed by atoms with Crippen LogP contribution in [-0.4, -0.2) is 17.4 Å². The van der Waals surface area contributed by atoms with Crippen LogP contribution in [0, 0.1) is 5.92 Å². The molecule has 1 aliphatic rings. The summed E-state index contributed by atoms with van der Waals surface area (Å²) in [7, 11) is 0. The zero-order valence-electron chi connectivity index (χ0n) is 9.61. The summed E-state index contributed by atoms with van der Waals surface area (Å²) in [6.07, 6.45) is 10.0. The SMILES string of the molecule is O=CC1C=CC=CC1=Cc1cccc(C(=O)O)c1. The summed E-state index contributed by atoms with van der Waals surface area (Å²) < 4.78 is 0. The number of carbonyl (C=O) groups is 2. The predicted octanol–water partition coefficient (Wildman–Crippen LogP) is 2.71. The Kier molecular flexibility index (Phi) is 3.53. The van der Waals surface area contributed by atoms with Crippen LogP contribution >= 0.6 is 0 Å². The van der Waals surface area contributed by atoms with Gasteiger partial charge in [0.15, 0.2) is 0 Å². The summed E-state index contributed by atoms with van der Waals surface area (Å²) in [6, 6.07) is 6.63. The Labute approximate surface area is 105 Å². The fraction of sp³-hybridized carbons (Fsp3) is 0.0667. The van der Waals surface area contributed by atoms with E-state index >= 15 is 0 Å². The van der Waals surface area contributed by atoms with E-state index < -0.39 is 5.97 Å². The van der Waals surface area contributed by atoms with Crippen LogP contribution in [0.15, 0.2) is 54.1 Å². The Morgan fingerprint density at radius 1 is 1.28 bits per heavy atom. The van der Waals surface area contributed by atoms with Gasteiger partial charge in [-0.25, -0.2) is 4.79 Å². The van der Waals surface area contributed by atoms with E-state index in [1.54, 1.807) is 18.2 Å². The number of carbonyl (C=O) groups excluding carboxylic acids is 1. The van der Waals surface area contributed by atoms with Gasteiger partial charge in [-0.2, -0.15) is 0 Å². The van der Waals surface area contributed by atoms with Gasteiger partial charge >= 0.3 is 5.97 Å². The molecule has 18 heavy (non-hydrogen) atoms. The maximum atomic E-state index is 10.9. The number of benzene rings is 1. The number of allylic oxidation sites excluding steroid dienone is 5. The molecular weight excluding hydrogens is 228 g/mol. The molecule has 0 fully saturated rings. The van der Waals surface area contributed by atoms with Gasteiger partial charge in [0.05, 0.1) is 11.5 Å². The van der Waals surface area contributed by atoms with Crippen molar-refractivity contribution in [2.45, 2.75) is 0 Å². The molecule has 90 valence electrons. The summed E-state index contributed by atoms with van der Waals surface area (Å²) in [5.41, 5.74) is 1.87. The topological polar surface area (TPSA) is 54.4 Å². The van der Waals surface area contributed by atoms with E-state index in [2.05, 4.69) is 0 Å². The van der Waals surface area contributed by atoms with E-state index in [9.17, 15) is 9.59 Å². The largest absolute Gasteiger partial charge is 0.478 e. The zero-order valence-corrected chi connectivity index (χ0v) is 9.61. The molecule has 3 nitrogen and oxygen atoms in total. The predicted molar refractivity (Wildman–Crippen MR) is 69.2 cm³/mol. The quantitative estimate of drug-likeness (QED) is 0.826. The minimum absolute atomic E-state index is 0.238. The van der Waals surface area contributed by atoms with Gasteiger partial charge in [0, 0.05) is 0 Å². The molecule has 0 bridgehead atoms. The van der Waals surface area contributed by atoms with Crippen molar-refractivity contribution in [3.05, 3.63) is 65.3 Å². The Hall–Kier alpha value is -2.42. The maximum Gasteiger partial charge on any atom is 0.335 e. The lowest BCUT2D eigenvalue weighted by atomic mass is 9.94. The van der Waals surface area contributed by atoms with Crippen molar-refractivity contribution in [2.24, 2.45) is 5.92 Å². The molecule has 0 amide bonds. The highest BCUT2D eigenvalue weighted by molar-refractivity contribution is 5.88. The molecule has 1 aromatic rings. The van der Waals surface area contributed by atoms with Gasteiger partial charge in [-0.1, -0.05) is 42.5 Å². The molecule has 0 saturated heterocycles. The van der Waals surface area contributed by atoms with Gasteiger partial charge < -0.3 is 9.90 Å². The Morgan fingerprint density at radius 2 is 2.11 bits per heavy atom.